The van der Waals surface area contributed by atoms with Crippen LogP contribution >= 0.6 is 0 Å². The summed E-state index contributed by atoms with van der Waals surface area (Å²) >= 11 is 0. The summed E-state index contributed by atoms with van der Waals surface area (Å²) in [7, 11) is -10.5. The van der Waals surface area contributed by atoms with E-state index in [2.05, 4.69) is 30.4 Å². The Morgan fingerprint density at radius 2 is 1.68 bits per heavy atom. The lowest BCUT2D eigenvalue weighted by Crippen LogP contribution is -2.40. The number of nitrogens with one attached hydrogen (secondary N) is 3. The summed E-state index contributed by atoms with van der Waals surface area (Å²) in [6, 6.07) is 7.85. The van der Waals surface area contributed by atoms with Gasteiger partial charge in [-0.25, -0.2) is 13.4 Å². The molecule has 1 aliphatic heterocycles. The number of hydrogen-bond acceptors (Lipinski definition) is 11. The van der Waals surface area contributed by atoms with Crippen LogP contribution in [-0.2, 0) is 27.9 Å². The van der Waals surface area contributed by atoms with Crippen LogP contribution in [0.1, 0.15) is 0 Å². The quantitative estimate of drug-likeness (QED) is 0.346. The minimum atomic E-state index is -4.86. The van der Waals surface area contributed by atoms with Crippen LogP contribution in [0.25, 0.3) is 11.0 Å². The van der Waals surface area contributed by atoms with Gasteiger partial charge in [0.2, 0.25) is 0 Å². The van der Waals surface area contributed by atoms with E-state index in [1.54, 1.807) is 23.1 Å². The maximum atomic E-state index is 12.6. The highest BCUT2D eigenvalue weighted by molar-refractivity contribution is 8.66. The van der Waals surface area contributed by atoms with Crippen LogP contribution in [0, 0.1) is 0 Å². The first-order valence-corrected chi connectivity index (χ1v) is 15.1. The summed E-state index contributed by atoms with van der Waals surface area (Å²) in [6.07, 6.45) is 0. The van der Waals surface area contributed by atoms with Crippen molar-refractivity contribution in [3.05, 3.63) is 30.3 Å². The Balaban J connectivity index is 1.72. The van der Waals surface area contributed by atoms with Gasteiger partial charge in [-0.3, -0.25) is 4.72 Å². The number of anilines is 4. The van der Waals surface area contributed by atoms with Gasteiger partial charge >= 0.3 is 18.1 Å². The van der Waals surface area contributed by atoms with Crippen LogP contribution in [0.4, 0.5) is 23.0 Å². The summed E-state index contributed by atoms with van der Waals surface area (Å²) in [4.78, 5) is 6.21. The maximum absolute atomic E-state index is 12.6. The number of nitrogens with zero attached hydrogens (tertiary/aromatic N) is 5. The van der Waals surface area contributed by atoms with Gasteiger partial charge in [0, 0.05) is 32.9 Å². The van der Waals surface area contributed by atoms with Crippen molar-refractivity contribution in [2.24, 2.45) is 0 Å². The molecule has 3 aromatic rings. The van der Waals surface area contributed by atoms with Gasteiger partial charge in [-0.2, -0.15) is 36.6 Å². The zero-order chi connectivity index (χ0) is 24.7. The molecule has 2 aromatic heterocycles. The van der Waals surface area contributed by atoms with Crippen molar-refractivity contribution in [1.82, 2.24) is 24.7 Å². The number of aromatic nitrogens is 4. The number of aromatic amines is 1. The van der Waals surface area contributed by atoms with E-state index in [9.17, 15) is 25.3 Å². The maximum Gasteiger partial charge on any atom is 0.353 e. The fourth-order valence-electron chi connectivity index (χ4n) is 3.18. The molecule has 4 rings (SSSR count). The topological polar surface area (TPSA) is 187 Å². The first-order chi connectivity index (χ1) is 15.9. The predicted octanol–water partition coefficient (Wildman–Crippen LogP) is -0.121. The molecule has 1 aromatic carbocycles. The van der Waals surface area contributed by atoms with Gasteiger partial charge in [0.25, 0.3) is 0 Å². The van der Waals surface area contributed by atoms with Crippen LogP contribution in [0.5, 0.6) is 0 Å². The van der Waals surface area contributed by atoms with Gasteiger partial charge in [0.05, 0.1) is 17.2 Å². The number of sulfone groups is 1. The molecule has 0 radical (unpaired) electrons. The summed E-state index contributed by atoms with van der Waals surface area (Å²) in [5.74, 6) is 0.357. The summed E-state index contributed by atoms with van der Waals surface area (Å²) < 4.78 is 75.9. The zero-order valence-corrected chi connectivity index (χ0v) is 20.6. The molecular weight excluding hydrogens is 508 g/mol. The number of rotatable bonds is 7. The summed E-state index contributed by atoms with van der Waals surface area (Å²) in [5.41, 5.74) is 1.53. The van der Waals surface area contributed by atoms with Crippen molar-refractivity contribution in [2.75, 3.05) is 53.6 Å². The molecule has 0 bridgehead atoms. The van der Waals surface area contributed by atoms with E-state index < -0.39 is 27.9 Å². The molecule has 3 N–H and O–H groups in total. The molecule has 1 saturated heterocycles. The third kappa shape index (κ3) is 4.77. The lowest BCUT2D eigenvalue weighted by molar-refractivity contribution is 0.528. The average Bonchev–Trinajstić information content (AvgIpc) is 3.22. The Morgan fingerprint density at radius 1 is 1.00 bits per heavy atom. The van der Waals surface area contributed by atoms with Crippen molar-refractivity contribution in [3.63, 3.8) is 0 Å². The lowest BCUT2D eigenvalue weighted by atomic mass is 10.2. The van der Waals surface area contributed by atoms with Gasteiger partial charge in [-0.1, -0.05) is 0 Å². The molecule has 0 unspecified atom stereocenters. The Labute approximate surface area is 195 Å². The zero-order valence-electron chi connectivity index (χ0n) is 18.1. The first-order valence-electron chi connectivity index (χ1n) is 9.87. The predicted molar refractivity (Wildman–Crippen MR) is 127 cm³/mol. The van der Waals surface area contributed by atoms with E-state index in [0.29, 0.717) is 26.8 Å². The van der Waals surface area contributed by atoms with Crippen LogP contribution in [0.3, 0.4) is 0 Å². The summed E-state index contributed by atoms with van der Waals surface area (Å²) in [6.45, 7) is 0.444. The lowest BCUT2D eigenvalue weighted by Gasteiger charge is -2.28. The van der Waals surface area contributed by atoms with Crippen molar-refractivity contribution in [1.29, 1.82) is 0 Å². The molecule has 0 saturated carbocycles. The number of H-pyrrole nitrogens is 1. The van der Waals surface area contributed by atoms with Crippen LogP contribution in [0.2, 0.25) is 0 Å². The van der Waals surface area contributed by atoms with E-state index in [4.69, 9.17) is 0 Å². The van der Waals surface area contributed by atoms with Gasteiger partial charge in [-0.15, -0.1) is 0 Å². The average molecular weight is 531 g/mol. The highest BCUT2D eigenvalue weighted by atomic mass is 33.2. The van der Waals surface area contributed by atoms with Crippen molar-refractivity contribution >= 4 is 62.0 Å². The fraction of sp³-hybridized carbons (Fsp3) is 0.353. The van der Waals surface area contributed by atoms with Gasteiger partial charge in [0.1, 0.15) is 16.9 Å². The first kappa shape index (κ1) is 24.1. The standard InChI is InChI=1S/C17H22N8O6S3/c1-24(2)34(30,31)33(28,29)22-14-5-6-16(25-7-9-32(26,27)10-8-25)19-17(14)18-12-3-4-13-15(11-12)21-23-20-13/h3-6,11,22H,7-10H2,1-2H3,(H,18,19)(H,20,21,23). The summed E-state index contributed by atoms with van der Waals surface area (Å²) in [5, 5.41) is 13.4. The van der Waals surface area contributed by atoms with E-state index >= 15 is 0 Å². The molecule has 0 aliphatic carbocycles. The molecule has 3 heterocycles. The Hall–Kier alpha value is -3.02. The number of hydrogen-bond donors (Lipinski definition) is 3. The van der Waals surface area contributed by atoms with Crippen molar-refractivity contribution in [3.8, 4) is 0 Å². The minimum Gasteiger partial charge on any atom is -0.355 e. The Morgan fingerprint density at radius 3 is 2.35 bits per heavy atom. The highest BCUT2D eigenvalue weighted by Gasteiger charge is 2.33. The third-order valence-electron chi connectivity index (χ3n) is 5.09. The van der Waals surface area contributed by atoms with Crippen LogP contribution in [0.15, 0.2) is 30.3 Å². The smallest absolute Gasteiger partial charge is 0.353 e. The molecule has 14 nitrogen and oxygen atoms in total. The fourth-order valence-corrected chi connectivity index (χ4v) is 7.08. The Kier molecular flexibility index (Phi) is 6.13. The van der Waals surface area contributed by atoms with Gasteiger partial charge < -0.3 is 10.2 Å². The largest absolute Gasteiger partial charge is 0.355 e. The normalized spacial score (nSPS) is 16.6. The van der Waals surface area contributed by atoms with Crippen LogP contribution in [-0.4, -0.2) is 88.6 Å². The van der Waals surface area contributed by atoms with Gasteiger partial charge in [0.15, 0.2) is 15.7 Å². The van der Waals surface area contributed by atoms with E-state index in [0.717, 1.165) is 14.1 Å². The van der Waals surface area contributed by atoms with Crippen molar-refractivity contribution in [2.45, 2.75) is 0 Å². The Bertz CT molecular complexity index is 1540. The second-order valence-corrected chi connectivity index (χ2v) is 15.2. The molecular formula is C17H22N8O6S3. The highest BCUT2D eigenvalue weighted by Crippen LogP contribution is 2.30. The molecule has 0 amide bonds. The van der Waals surface area contributed by atoms with E-state index in [1.165, 1.54) is 12.1 Å². The molecule has 184 valence electrons. The molecule has 0 atom stereocenters. The monoisotopic (exact) mass is 530 g/mol. The van der Waals surface area contributed by atoms with E-state index in [-0.39, 0.29) is 36.1 Å². The van der Waals surface area contributed by atoms with E-state index in [1.807, 2.05) is 0 Å². The number of fused-ring (bicyclic) bond motifs is 1. The SMILES string of the molecule is CN(C)S(=O)(=O)S(=O)(=O)Nc1ccc(N2CCS(=O)(=O)CC2)nc1Nc1ccc2n[nH]nc2c1. The van der Waals surface area contributed by atoms with Crippen LogP contribution < -0.4 is 14.9 Å². The number of pyridine rings is 1. The molecule has 1 aliphatic rings. The molecule has 1 fully saturated rings. The molecule has 0 spiro atoms. The van der Waals surface area contributed by atoms with Gasteiger partial charge in [-0.05, 0) is 30.3 Å². The second kappa shape index (κ2) is 8.64. The third-order valence-corrected chi connectivity index (χ3v) is 11.4. The number of benzene rings is 1. The molecule has 17 heteroatoms. The second-order valence-electron chi connectivity index (χ2n) is 7.65. The van der Waals surface area contributed by atoms with Crippen molar-refractivity contribution < 1.29 is 25.3 Å². The molecule has 34 heavy (non-hydrogen) atoms. The minimum absolute atomic E-state index is 0.0197.